The van der Waals surface area contributed by atoms with Gasteiger partial charge in [-0.15, -0.1) is 0 Å². The number of benzene rings is 2. The van der Waals surface area contributed by atoms with Gasteiger partial charge in [0, 0.05) is 30.3 Å². The standard InChI is InChI=1S/C30H37FN2O2/c1-8-22(6)24-10-9-11-26(15-24)35-19-23-12-13-27(28-16-30(34-7)32-17-29(28)31)25(14-23)18-33(20(2)3)21(4)5/h9-17,20-21H,6,8,18-19H2,1-5,7H3. The molecule has 0 spiro atoms. The third-order valence-corrected chi connectivity index (χ3v) is 6.25. The van der Waals surface area contributed by atoms with E-state index >= 15 is 0 Å². The van der Waals surface area contributed by atoms with E-state index in [-0.39, 0.29) is 5.82 Å². The molecular weight excluding hydrogens is 439 g/mol. The Hall–Kier alpha value is -3.18. The van der Waals surface area contributed by atoms with E-state index in [9.17, 15) is 4.39 Å². The van der Waals surface area contributed by atoms with Crippen LogP contribution in [0.1, 0.15) is 57.7 Å². The number of rotatable bonds is 11. The zero-order valence-electron chi connectivity index (χ0n) is 21.8. The van der Waals surface area contributed by atoms with Crippen LogP contribution in [0.25, 0.3) is 16.7 Å². The summed E-state index contributed by atoms with van der Waals surface area (Å²) in [6.45, 7) is 16.0. The van der Waals surface area contributed by atoms with Gasteiger partial charge in [-0.1, -0.05) is 43.8 Å². The van der Waals surface area contributed by atoms with Crippen molar-refractivity contribution in [3.63, 3.8) is 0 Å². The summed E-state index contributed by atoms with van der Waals surface area (Å²) in [5.74, 6) is 0.821. The Labute approximate surface area is 209 Å². The summed E-state index contributed by atoms with van der Waals surface area (Å²) in [6, 6.07) is 16.5. The van der Waals surface area contributed by atoms with Gasteiger partial charge >= 0.3 is 0 Å². The predicted octanol–water partition coefficient (Wildman–Crippen LogP) is 7.52. The minimum atomic E-state index is -0.371. The first-order chi connectivity index (χ1) is 16.7. The highest BCUT2D eigenvalue weighted by Crippen LogP contribution is 2.31. The number of hydrogen-bond acceptors (Lipinski definition) is 4. The number of aromatic nitrogens is 1. The average Bonchev–Trinajstić information content (AvgIpc) is 2.85. The highest BCUT2D eigenvalue weighted by atomic mass is 19.1. The minimum Gasteiger partial charge on any atom is -0.489 e. The van der Waals surface area contributed by atoms with Gasteiger partial charge in [-0.05, 0) is 74.1 Å². The first-order valence-corrected chi connectivity index (χ1v) is 12.2. The number of ether oxygens (including phenoxy) is 2. The number of pyridine rings is 1. The fourth-order valence-electron chi connectivity index (χ4n) is 4.20. The van der Waals surface area contributed by atoms with Crippen molar-refractivity contribution in [2.75, 3.05) is 7.11 Å². The number of halogens is 1. The van der Waals surface area contributed by atoms with Crippen molar-refractivity contribution in [2.45, 2.75) is 66.3 Å². The van der Waals surface area contributed by atoms with Crippen LogP contribution in [0.5, 0.6) is 11.6 Å². The fourth-order valence-corrected chi connectivity index (χ4v) is 4.20. The van der Waals surface area contributed by atoms with Gasteiger partial charge in [-0.3, -0.25) is 4.90 Å². The van der Waals surface area contributed by atoms with E-state index in [1.54, 1.807) is 6.07 Å². The van der Waals surface area contributed by atoms with Crippen LogP contribution < -0.4 is 9.47 Å². The first-order valence-electron chi connectivity index (χ1n) is 12.2. The van der Waals surface area contributed by atoms with Gasteiger partial charge in [0.15, 0.2) is 0 Å². The molecule has 186 valence electrons. The molecule has 2 aromatic carbocycles. The third-order valence-electron chi connectivity index (χ3n) is 6.25. The molecule has 0 amide bonds. The van der Waals surface area contributed by atoms with Crippen LogP contribution in [-0.4, -0.2) is 29.1 Å². The van der Waals surface area contributed by atoms with Crippen LogP contribution in [0.15, 0.2) is 61.3 Å². The molecule has 0 aliphatic carbocycles. The molecule has 1 aromatic heterocycles. The third kappa shape index (κ3) is 6.70. The topological polar surface area (TPSA) is 34.6 Å². The van der Waals surface area contributed by atoms with Crippen molar-refractivity contribution in [3.05, 3.63) is 83.8 Å². The molecule has 0 atom stereocenters. The number of hydrogen-bond donors (Lipinski definition) is 0. The Balaban J connectivity index is 1.96. The molecule has 0 aliphatic heterocycles. The van der Waals surface area contributed by atoms with Crippen LogP contribution in [0, 0.1) is 5.82 Å². The number of allylic oxidation sites excluding steroid dienone is 1. The quantitative estimate of drug-likeness (QED) is 0.287. The molecule has 0 aliphatic rings. The average molecular weight is 477 g/mol. The zero-order chi connectivity index (χ0) is 25.5. The second-order valence-electron chi connectivity index (χ2n) is 9.33. The molecule has 5 heteroatoms. The summed E-state index contributed by atoms with van der Waals surface area (Å²) in [5.41, 5.74) is 5.55. The van der Waals surface area contributed by atoms with Crippen LogP contribution in [-0.2, 0) is 13.2 Å². The van der Waals surface area contributed by atoms with E-state index in [1.165, 1.54) is 13.3 Å². The van der Waals surface area contributed by atoms with Crippen LogP contribution in [0.2, 0.25) is 0 Å². The molecule has 4 nitrogen and oxygen atoms in total. The maximum atomic E-state index is 14.9. The molecular formula is C30H37FN2O2. The van der Waals surface area contributed by atoms with Gasteiger partial charge in [-0.25, -0.2) is 9.37 Å². The van der Waals surface area contributed by atoms with E-state index in [2.05, 4.69) is 63.2 Å². The van der Waals surface area contributed by atoms with E-state index < -0.39 is 0 Å². The van der Waals surface area contributed by atoms with Crippen molar-refractivity contribution in [2.24, 2.45) is 0 Å². The molecule has 0 saturated carbocycles. The smallest absolute Gasteiger partial charge is 0.213 e. The Morgan fingerprint density at radius 2 is 1.77 bits per heavy atom. The second kappa shape index (κ2) is 12.0. The largest absolute Gasteiger partial charge is 0.489 e. The maximum Gasteiger partial charge on any atom is 0.213 e. The summed E-state index contributed by atoms with van der Waals surface area (Å²) in [7, 11) is 1.54. The van der Waals surface area contributed by atoms with Crippen molar-refractivity contribution >= 4 is 5.57 Å². The minimum absolute atomic E-state index is 0.342. The van der Waals surface area contributed by atoms with Crippen LogP contribution in [0.3, 0.4) is 0 Å². The molecule has 0 fully saturated rings. The Bertz CT molecular complexity index is 1150. The van der Waals surface area contributed by atoms with Gasteiger partial charge in [-0.2, -0.15) is 0 Å². The van der Waals surface area contributed by atoms with Crippen molar-refractivity contribution in [3.8, 4) is 22.8 Å². The van der Waals surface area contributed by atoms with Gasteiger partial charge in [0.05, 0.1) is 13.3 Å². The van der Waals surface area contributed by atoms with Crippen LogP contribution in [0.4, 0.5) is 4.39 Å². The molecule has 0 unspecified atom stereocenters. The summed E-state index contributed by atoms with van der Waals surface area (Å²) >= 11 is 0. The lowest BCUT2D eigenvalue weighted by molar-refractivity contribution is 0.166. The second-order valence-corrected chi connectivity index (χ2v) is 9.33. The summed E-state index contributed by atoms with van der Waals surface area (Å²) in [4.78, 5) is 6.39. The molecule has 35 heavy (non-hydrogen) atoms. The molecule has 3 aromatic rings. The Morgan fingerprint density at radius 3 is 2.43 bits per heavy atom. The van der Waals surface area contributed by atoms with Gasteiger partial charge in [0.1, 0.15) is 18.2 Å². The lowest BCUT2D eigenvalue weighted by Crippen LogP contribution is -2.36. The molecule has 0 saturated heterocycles. The maximum absolute atomic E-state index is 14.9. The van der Waals surface area contributed by atoms with E-state index in [1.807, 2.05) is 30.3 Å². The SMILES string of the molecule is C=C(CC)c1cccc(OCc2ccc(-c3cc(OC)ncc3F)c(CN(C(C)C)C(C)C)c2)c1. The van der Waals surface area contributed by atoms with Gasteiger partial charge in [0.25, 0.3) is 0 Å². The van der Waals surface area contributed by atoms with E-state index in [4.69, 9.17) is 9.47 Å². The van der Waals surface area contributed by atoms with E-state index in [0.717, 1.165) is 40.0 Å². The highest BCUT2D eigenvalue weighted by Gasteiger charge is 2.19. The molecule has 0 radical (unpaired) electrons. The molecule has 0 N–H and O–H groups in total. The number of nitrogens with zero attached hydrogens (tertiary/aromatic N) is 2. The fraction of sp³-hybridized carbons (Fsp3) is 0.367. The first kappa shape index (κ1) is 26.4. The summed E-state index contributed by atoms with van der Waals surface area (Å²) < 4.78 is 26.3. The van der Waals surface area contributed by atoms with Crippen LogP contribution >= 0.6 is 0 Å². The van der Waals surface area contributed by atoms with Crippen molar-refractivity contribution in [1.29, 1.82) is 0 Å². The Morgan fingerprint density at radius 1 is 1.03 bits per heavy atom. The summed E-state index contributed by atoms with van der Waals surface area (Å²) in [6.07, 6.45) is 2.11. The van der Waals surface area contributed by atoms with Crippen molar-refractivity contribution < 1.29 is 13.9 Å². The lowest BCUT2D eigenvalue weighted by atomic mass is 9.96. The monoisotopic (exact) mass is 476 g/mol. The zero-order valence-corrected chi connectivity index (χ0v) is 21.8. The molecule has 3 rings (SSSR count). The van der Waals surface area contributed by atoms with Gasteiger partial charge in [0.2, 0.25) is 5.88 Å². The summed E-state index contributed by atoms with van der Waals surface area (Å²) in [5, 5.41) is 0. The van der Waals surface area contributed by atoms with E-state index in [0.29, 0.717) is 36.7 Å². The normalized spacial score (nSPS) is 11.4. The van der Waals surface area contributed by atoms with Crippen molar-refractivity contribution in [1.82, 2.24) is 9.88 Å². The molecule has 1 heterocycles. The highest BCUT2D eigenvalue weighted by molar-refractivity contribution is 5.69. The lowest BCUT2D eigenvalue weighted by Gasteiger charge is -2.31. The number of methoxy groups -OCH3 is 1. The predicted molar refractivity (Wildman–Crippen MR) is 142 cm³/mol. The molecule has 0 bridgehead atoms. The van der Waals surface area contributed by atoms with Gasteiger partial charge < -0.3 is 9.47 Å². The Kier molecular flexibility index (Phi) is 9.05.